The molecule has 0 saturated carbocycles. The van der Waals surface area contributed by atoms with Crippen molar-refractivity contribution >= 4 is 22.2 Å². The van der Waals surface area contributed by atoms with E-state index in [2.05, 4.69) is 21.5 Å². The molecular weight excluding hydrogens is 338 g/mol. The second-order valence-corrected chi connectivity index (χ2v) is 7.04. The van der Waals surface area contributed by atoms with E-state index in [1.54, 1.807) is 16.5 Å². The first-order valence-electron chi connectivity index (χ1n) is 8.44. The van der Waals surface area contributed by atoms with Crippen LogP contribution in [0.2, 0.25) is 0 Å². The van der Waals surface area contributed by atoms with E-state index >= 15 is 0 Å². The van der Waals surface area contributed by atoms with Crippen molar-refractivity contribution in [3.63, 3.8) is 0 Å². The van der Waals surface area contributed by atoms with Crippen LogP contribution in [-0.2, 0) is 6.54 Å². The number of hydrogen-bond donors (Lipinski definition) is 0. The molecule has 7 nitrogen and oxygen atoms in total. The number of piperidine rings is 1. The summed E-state index contributed by atoms with van der Waals surface area (Å²) < 4.78 is 3.59. The number of imidazole rings is 1. The van der Waals surface area contributed by atoms with Crippen molar-refractivity contribution in [1.29, 1.82) is 0 Å². The lowest BCUT2D eigenvalue weighted by Crippen LogP contribution is -2.41. The van der Waals surface area contributed by atoms with Gasteiger partial charge in [-0.1, -0.05) is 0 Å². The minimum Gasteiger partial charge on any atom is -0.338 e. The minimum atomic E-state index is -0.292. The Hall–Kier alpha value is -2.48. The predicted octanol–water partition coefficient (Wildman–Crippen LogP) is 1.99. The van der Waals surface area contributed by atoms with E-state index in [0.29, 0.717) is 24.0 Å². The summed E-state index contributed by atoms with van der Waals surface area (Å²) >= 11 is 1.38. The smallest absolute Gasteiger partial charge is 0.271 e. The number of rotatable bonds is 3. The number of carbonyl (C=O) groups is 1. The lowest BCUT2D eigenvalue weighted by Gasteiger charge is -2.31. The van der Waals surface area contributed by atoms with Crippen LogP contribution in [-0.4, -0.2) is 42.8 Å². The second-order valence-electron chi connectivity index (χ2n) is 6.17. The van der Waals surface area contributed by atoms with Crippen molar-refractivity contribution in [2.45, 2.75) is 32.2 Å². The Morgan fingerprint density at radius 1 is 1.28 bits per heavy atom. The van der Waals surface area contributed by atoms with Crippen LogP contribution in [0.5, 0.6) is 0 Å². The summed E-state index contributed by atoms with van der Waals surface area (Å²) in [4.78, 5) is 36.3. The molecule has 1 saturated heterocycles. The van der Waals surface area contributed by atoms with Crippen molar-refractivity contribution in [2.24, 2.45) is 0 Å². The Morgan fingerprint density at radius 2 is 2.08 bits per heavy atom. The van der Waals surface area contributed by atoms with Crippen LogP contribution < -0.4 is 5.56 Å². The minimum absolute atomic E-state index is 0.143. The fourth-order valence-electron chi connectivity index (χ4n) is 3.43. The van der Waals surface area contributed by atoms with Gasteiger partial charge in [0.2, 0.25) is 0 Å². The van der Waals surface area contributed by atoms with Gasteiger partial charge in [0.15, 0.2) is 4.96 Å². The van der Waals surface area contributed by atoms with Gasteiger partial charge in [0.25, 0.3) is 11.5 Å². The molecule has 0 radical (unpaired) electrons. The number of likely N-dealkylation sites (tertiary alicyclic amines) is 1. The average molecular weight is 357 g/mol. The molecule has 1 amide bonds. The first-order chi connectivity index (χ1) is 12.2. The third kappa shape index (κ3) is 2.76. The highest BCUT2D eigenvalue weighted by Gasteiger charge is 2.28. The van der Waals surface area contributed by atoms with E-state index < -0.39 is 0 Å². The maximum Gasteiger partial charge on any atom is 0.271 e. The number of amides is 1. The van der Waals surface area contributed by atoms with E-state index in [1.807, 2.05) is 12.4 Å². The van der Waals surface area contributed by atoms with Gasteiger partial charge in [-0.3, -0.25) is 14.0 Å². The highest BCUT2D eigenvalue weighted by Crippen LogP contribution is 2.27. The molecule has 0 atom stereocenters. The van der Waals surface area contributed by atoms with Gasteiger partial charge in [-0.05, 0) is 19.8 Å². The fraction of sp³-hybridized carbons (Fsp3) is 0.412. The first kappa shape index (κ1) is 16.0. The average Bonchev–Trinajstić information content (AvgIpc) is 3.31. The van der Waals surface area contributed by atoms with Crippen LogP contribution in [0.15, 0.2) is 35.0 Å². The topological polar surface area (TPSA) is 72.5 Å². The van der Waals surface area contributed by atoms with Crippen LogP contribution >= 0.6 is 11.3 Å². The highest BCUT2D eigenvalue weighted by molar-refractivity contribution is 7.15. The zero-order chi connectivity index (χ0) is 17.4. The van der Waals surface area contributed by atoms with Crippen molar-refractivity contribution in [3.05, 3.63) is 51.9 Å². The first-order valence-corrected chi connectivity index (χ1v) is 9.32. The summed E-state index contributed by atoms with van der Waals surface area (Å²) in [5, 5.41) is 1.79. The van der Waals surface area contributed by atoms with Crippen molar-refractivity contribution in [1.82, 2.24) is 23.8 Å². The Bertz CT molecular complexity index is 965. The van der Waals surface area contributed by atoms with Gasteiger partial charge in [-0.2, -0.15) is 0 Å². The summed E-state index contributed by atoms with van der Waals surface area (Å²) in [6, 6.07) is 0. The molecule has 3 aromatic heterocycles. The fourth-order valence-corrected chi connectivity index (χ4v) is 4.11. The standard InChI is InChI=1S/C17H19N5O2S/c1-2-20-8-5-18-14(20)12-3-6-21(7-4-12)15(23)13-11-19-17-22(16(13)24)9-10-25-17/h5,8-12H,2-4,6-7H2,1H3. The van der Waals surface area contributed by atoms with Crippen LogP contribution in [0.3, 0.4) is 0 Å². The Kier molecular flexibility index (Phi) is 4.12. The molecule has 1 fully saturated rings. The summed E-state index contributed by atoms with van der Waals surface area (Å²) in [5.41, 5.74) is -0.149. The van der Waals surface area contributed by atoms with E-state index in [-0.39, 0.29) is 17.0 Å². The molecule has 0 aromatic carbocycles. The molecule has 1 aliphatic heterocycles. The lowest BCUT2D eigenvalue weighted by molar-refractivity contribution is 0.0708. The van der Waals surface area contributed by atoms with Gasteiger partial charge in [0, 0.05) is 55.7 Å². The predicted molar refractivity (Wildman–Crippen MR) is 95.1 cm³/mol. The van der Waals surface area contributed by atoms with E-state index in [1.165, 1.54) is 21.9 Å². The molecule has 1 aliphatic rings. The van der Waals surface area contributed by atoms with E-state index in [0.717, 1.165) is 25.2 Å². The van der Waals surface area contributed by atoms with Gasteiger partial charge >= 0.3 is 0 Å². The number of thiazole rings is 1. The number of aryl methyl sites for hydroxylation is 1. The molecule has 130 valence electrons. The molecule has 25 heavy (non-hydrogen) atoms. The van der Waals surface area contributed by atoms with E-state index in [9.17, 15) is 9.59 Å². The van der Waals surface area contributed by atoms with Crippen molar-refractivity contribution in [3.8, 4) is 0 Å². The quantitative estimate of drug-likeness (QED) is 0.719. The highest BCUT2D eigenvalue weighted by atomic mass is 32.1. The second kappa shape index (κ2) is 6.44. The molecular formula is C17H19N5O2S. The summed E-state index contributed by atoms with van der Waals surface area (Å²) in [7, 11) is 0. The number of fused-ring (bicyclic) bond motifs is 1. The van der Waals surface area contributed by atoms with Gasteiger partial charge < -0.3 is 9.47 Å². The number of aromatic nitrogens is 4. The van der Waals surface area contributed by atoms with Crippen LogP contribution in [0.1, 0.15) is 41.9 Å². The number of hydrogen-bond acceptors (Lipinski definition) is 5. The molecule has 3 aromatic rings. The third-order valence-corrected chi connectivity index (χ3v) is 5.58. The van der Waals surface area contributed by atoms with Crippen molar-refractivity contribution in [2.75, 3.05) is 13.1 Å². The third-order valence-electron chi connectivity index (χ3n) is 4.81. The Morgan fingerprint density at radius 3 is 2.84 bits per heavy atom. The number of nitrogens with zero attached hydrogens (tertiary/aromatic N) is 5. The SMILES string of the molecule is CCn1ccnc1C1CCN(C(=O)c2cnc3sccn3c2=O)CC1. The summed E-state index contributed by atoms with van der Waals surface area (Å²) in [5.74, 6) is 1.23. The Balaban J connectivity index is 1.51. The molecule has 4 heterocycles. The molecule has 0 aliphatic carbocycles. The Labute approximate surface area is 148 Å². The van der Waals surface area contributed by atoms with Crippen LogP contribution in [0.25, 0.3) is 4.96 Å². The monoisotopic (exact) mass is 357 g/mol. The molecule has 0 spiro atoms. The normalized spacial score (nSPS) is 15.8. The number of carbonyl (C=O) groups excluding carboxylic acids is 1. The van der Waals surface area contributed by atoms with E-state index in [4.69, 9.17) is 0 Å². The van der Waals surface area contributed by atoms with Gasteiger partial charge in [-0.15, -0.1) is 11.3 Å². The molecule has 8 heteroatoms. The lowest BCUT2D eigenvalue weighted by atomic mass is 9.95. The van der Waals surface area contributed by atoms with Crippen LogP contribution in [0.4, 0.5) is 0 Å². The van der Waals surface area contributed by atoms with Crippen molar-refractivity contribution < 1.29 is 4.79 Å². The molecule has 0 N–H and O–H groups in total. The molecule has 0 unspecified atom stereocenters. The molecule has 0 bridgehead atoms. The van der Waals surface area contributed by atoms with Gasteiger partial charge in [-0.25, -0.2) is 9.97 Å². The maximum absolute atomic E-state index is 12.8. The summed E-state index contributed by atoms with van der Waals surface area (Å²) in [6.45, 7) is 4.26. The summed E-state index contributed by atoms with van der Waals surface area (Å²) in [6.07, 6.45) is 8.61. The zero-order valence-electron chi connectivity index (χ0n) is 14.0. The zero-order valence-corrected chi connectivity index (χ0v) is 14.8. The maximum atomic E-state index is 12.8. The largest absolute Gasteiger partial charge is 0.338 e. The van der Waals surface area contributed by atoms with Crippen LogP contribution in [0, 0.1) is 0 Å². The van der Waals surface area contributed by atoms with Gasteiger partial charge in [0.05, 0.1) is 0 Å². The van der Waals surface area contributed by atoms with Gasteiger partial charge in [0.1, 0.15) is 11.4 Å². The molecule has 4 rings (SSSR count).